The van der Waals surface area contributed by atoms with E-state index >= 15 is 0 Å². The highest BCUT2D eigenvalue weighted by molar-refractivity contribution is 7.80. The number of hydrogen-bond acceptors (Lipinski definition) is 3. The molecule has 0 radical (unpaired) electrons. The summed E-state index contributed by atoms with van der Waals surface area (Å²) in [6.45, 7) is 5.66. The van der Waals surface area contributed by atoms with E-state index in [1.165, 1.54) is 5.56 Å². The Balaban J connectivity index is 1.49. The quantitative estimate of drug-likeness (QED) is 0.830. The minimum atomic E-state index is 0.662. The second kappa shape index (κ2) is 9.13. The van der Waals surface area contributed by atoms with E-state index in [9.17, 15) is 0 Å². The molecule has 1 fully saturated rings. The van der Waals surface area contributed by atoms with Crippen LogP contribution in [0.2, 0.25) is 5.02 Å². The predicted molar refractivity (Wildman–Crippen MR) is 107 cm³/mol. The maximum Gasteiger partial charge on any atom is 0.169 e. The van der Waals surface area contributed by atoms with Gasteiger partial charge in [-0.1, -0.05) is 29.8 Å². The number of halogens is 1. The van der Waals surface area contributed by atoms with Crippen LogP contribution >= 0.6 is 23.8 Å². The summed E-state index contributed by atoms with van der Waals surface area (Å²) in [6, 6.07) is 12.0. The van der Waals surface area contributed by atoms with Crippen molar-refractivity contribution in [1.82, 2.24) is 20.1 Å². The fourth-order valence-corrected chi connectivity index (χ4v) is 3.46. The summed E-state index contributed by atoms with van der Waals surface area (Å²) in [5.41, 5.74) is 2.38. The molecule has 3 rings (SSSR count). The molecular weight excluding hydrogens is 352 g/mol. The Morgan fingerprint density at radius 1 is 1.08 bits per heavy atom. The molecule has 1 aromatic carbocycles. The van der Waals surface area contributed by atoms with Gasteiger partial charge in [0.25, 0.3) is 0 Å². The average molecular weight is 375 g/mol. The molecule has 25 heavy (non-hydrogen) atoms. The molecule has 6 heteroatoms. The Kier molecular flexibility index (Phi) is 6.62. The van der Waals surface area contributed by atoms with Crippen molar-refractivity contribution in [3.8, 4) is 0 Å². The minimum Gasteiger partial charge on any atom is -0.358 e. The SMILES string of the molecule is S=C(NCc1ccccc1Cl)N1CCCN(Cc2ccncc2)CC1. The first-order valence-corrected chi connectivity index (χ1v) is 9.38. The van der Waals surface area contributed by atoms with Gasteiger partial charge in [0.2, 0.25) is 0 Å². The van der Waals surface area contributed by atoms with Crippen molar-refractivity contribution in [2.24, 2.45) is 0 Å². The Bertz CT molecular complexity index is 695. The molecule has 2 heterocycles. The zero-order valence-corrected chi connectivity index (χ0v) is 15.8. The Hall–Kier alpha value is -1.69. The van der Waals surface area contributed by atoms with Crippen LogP contribution in [0.1, 0.15) is 17.5 Å². The van der Waals surface area contributed by atoms with Crippen molar-refractivity contribution in [3.63, 3.8) is 0 Å². The lowest BCUT2D eigenvalue weighted by atomic mass is 10.2. The lowest BCUT2D eigenvalue weighted by Gasteiger charge is -2.25. The summed E-state index contributed by atoms with van der Waals surface area (Å²) >= 11 is 11.8. The average Bonchev–Trinajstić information content (AvgIpc) is 2.87. The number of aromatic nitrogens is 1. The molecule has 1 saturated heterocycles. The highest BCUT2D eigenvalue weighted by Crippen LogP contribution is 2.15. The minimum absolute atomic E-state index is 0.662. The van der Waals surface area contributed by atoms with Gasteiger partial charge in [-0.3, -0.25) is 9.88 Å². The summed E-state index contributed by atoms with van der Waals surface area (Å²) in [5.74, 6) is 0. The lowest BCUT2D eigenvalue weighted by molar-refractivity contribution is 0.277. The molecule has 0 spiro atoms. The van der Waals surface area contributed by atoms with Gasteiger partial charge >= 0.3 is 0 Å². The van der Waals surface area contributed by atoms with Crippen molar-refractivity contribution in [3.05, 3.63) is 64.9 Å². The van der Waals surface area contributed by atoms with Crippen LogP contribution < -0.4 is 5.32 Å². The third kappa shape index (κ3) is 5.39. The number of nitrogens with zero attached hydrogens (tertiary/aromatic N) is 3. The van der Waals surface area contributed by atoms with Crippen LogP contribution in [0.3, 0.4) is 0 Å². The number of pyridine rings is 1. The first-order chi connectivity index (χ1) is 12.2. The standard InChI is InChI=1S/C19H23ClN4S/c20-18-5-2-1-4-17(18)14-22-19(25)24-11-3-10-23(12-13-24)15-16-6-8-21-9-7-16/h1-2,4-9H,3,10-15H2,(H,22,25). The molecule has 2 aromatic rings. The summed E-state index contributed by atoms with van der Waals surface area (Å²) in [6.07, 6.45) is 4.82. The van der Waals surface area contributed by atoms with Crippen molar-refractivity contribution in [2.45, 2.75) is 19.5 Å². The normalized spacial score (nSPS) is 15.6. The van der Waals surface area contributed by atoms with Gasteiger partial charge in [0.1, 0.15) is 0 Å². The highest BCUT2D eigenvalue weighted by atomic mass is 35.5. The molecule has 4 nitrogen and oxygen atoms in total. The monoisotopic (exact) mass is 374 g/mol. The molecule has 0 bridgehead atoms. The van der Waals surface area contributed by atoms with Gasteiger partial charge in [0.05, 0.1) is 0 Å². The molecule has 0 amide bonds. The van der Waals surface area contributed by atoms with Crippen LogP contribution in [0.25, 0.3) is 0 Å². The summed E-state index contributed by atoms with van der Waals surface area (Å²) < 4.78 is 0. The van der Waals surface area contributed by atoms with E-state index in [2.05, 4.69) is 32.2 Å². The van der Waals surface area contributed by atoms with E-state index in [-0.39, 0.29) is 0 Å². The van der Waals surface area contributed by atoms with Crippen molar-refractivity contribution >= 4 is 28.9 Å². The van der Waals surface area contributed by atoms with E-state index in [1.54, 1.807) is 0 Å². The molecule has 0 aliphatic carbocycles. The van der Waals surface area contributed by atoms with Crippen molar-refractivity contribution in [2.75, 3.05) is 26.2 Å². The van der Waals surface area contributed by atoms with Gasteiger partial charge in [-0.2, -0.15) is 0 Å². The third-order valence-electron chi connectivity index (χ3n) is 4.42. The van der Waals surface area contributed by atoms with E-state index in [0.29, 0.717) is 6.54 Å². The van der Waals surface area contributed by atoms with Crippen LogP contribution in [-0.4, -0.2) is 46.1 Å². The molecule has 0 saturated carbocycles. The van der Waals surface area contributed by atoms with Crippen molar-refractivity contribution in [1.29, 1.82) is 0 Å². The second-order valence-electron chi connectivity index (χ2n) is 6.22. The molecule has 1 N–H and O–H groups in total. The zero-order chi connectivity index (χ0) is 17.5. The Labute approximate surface area is 159 Å². The zero-order valence-electron chi connectivity index (χ0n) is 14.2. The topological polar surface area (TPSA) is 31.4 Å². The van der Waals surface area contributed by atoms with E-state index < -0.39 is 0 Å². The lowest BCUT2D eigenvalue weighted by Crippen LogP contribution is -2.41. The van der Waals surface area contributed by atoms with Gasteiger partial charge in [-0.25, -0.2) is 0 Å². The van der Waals surface area contributed by atoms with Gasteiger partial charge in [-0.15, -0.1) is 0 Å². The first kappa shape index (κ1) is 18.1. The van der Waals surface area contributed by atoms with Gasteiger partial charge in [-0.05, 0) is 48.0 Å². The van der Waals surface area contributed by atoms with E-state index in [1.807, 2.05) is 36.7 Å². The van der Waals surface area contributed by atoms with Crippen LogP contribution in [0.4, 0.5) is 0 Å². The highest BCUT2D eigenvalue weighted by Gasteiger charge is 2.17. The number of thiocarbonyl (C=S) groups is 1. The number of benzene rings is 1. The first-order valence-electron chi connectivity index (χ1n) is 8.60. The predicted octanol–water partition coefficient (Wildman–Crippen LogP) is 3.32. The van der Waals surface area contributed by atoms with Gasteiger partial charge in [0, 0.05) is 56.7 Å². The molecule has 0 unspecified atom stereocenters. The fraction of sp³-hybridized carbons (Fsp3) is 0.368. The molecular formula is C19H23ClN4S. The Morgan fingerprint density at radius 2 is 1.88 bits per heavy atom. The Morgan fingerprint density at radius 3 is 2.68 bits per heavy atom. The summed E-state index contributed by atoms with van der Waals surface area (Å²) in [5, 5.41) is 4.93. The summed E-state index contributed by atoms with van der Waals surface area (Å²) in [7, 11) is 0. The fourth-order valence-electron chi connectivity index (χ4n) is 3.00. The van der Waals surface area contributed by atoms with E-state index in [0.717, 1.165) is 54.8 Å². The maximum absolute atomic E-state index is 6.21. The molecule has 1 aliphatic rings. The third-order valence-corrected chi connectivity index (χ3v) is 5.19. The smallest absolute Gasteiger partial charge is 0.169 e. The maximum atomic E-state index is 6.21. The molecule has 132 valence electrons. The second-order valence-corrected chi connectivity index (χ2v) is 7.02. The number of rotatable bonds is 4. The van der Waals surface area contributed by atoms with Crippen LogP contribution in [0.15, 0.2) is 48.8 Å². The molecule has 1 aromatic heterocycles. The van der Waals surface area contributed by atoms with Gasteiger partial charge in [0.15, 0.2) is 5.11 Å². The molecule has 0 atom stereocenters. The van der Waals surface area contributed by atoms with Crippen LogP contribution in [0.5, 0.6) is 0 Å². The number of hydrogen-bond donors (Lipinski definition) is 1. The van der Waals surface area contributed by atoms with Crippen LogP contribution in [0, 0.1) is 0 Å². The largest absolute Gasteiger partial charge is 0.358 e. The molecule has 1 aliphatic heterocycles. The number of nitrogens with one attached hydrogen (secondary N) is 1. The van der Waals surface area contributed by atoms with Crippen molar-refractivity contribution < 1.29 is 0 Å². The van der Waals surface area contributed by atoms with Crippen LogP contribution in [-0.2, 0) is 13.1 Å². The van der Waals surface area contributed by atoms with E-state index in [4.69, 9.17) is 23.8 Å². The summed E-state index contributed by atoms with van der Waals surface area (Å²) in [4.78, 5) is 8.82. The van der Waals surface area contributed by atoms with Gasteiger partial charge < -0.3 is 10.2 Å².